The summed E-state index contributed by atoms with van der Waals surface area (Å²) in [6.07, 6.45) is 2.71. The van der Waals surface area contributed by atoms with E-state index in [2.05, 4.69) is 5.10 Å². The van der Waals surface area contributed by atoms with E-state index in [0.29, 0.717) is 63.4 Å². The van der Waals surface area contributed by atoms with Gasteiger partial charge in [-0.25, -0.2) is 13.9 Å². The molecule has 3 heterocycles. The van der Waals surface area contributed by atoms with Crippen LogP contribution in [0.3, 0.4) is 0 Å². The number of anilines is 1. The maximum absolute atomic E-state index is 14.4. The van der Waals surface area contributed by atoms with Crippen molar-refractivity contribution in [3.63, 3.8) is 0 Å². The molecule has 2 fully saturated rings. The van der Waals surface area contributed by atoms with Gasteiger partial charge in [0, 0.05) is 45.2 Å². The molecular formula is C31H38FN5O4. The molecule has 2 saturated heterocycles. The Hall–Kier alpha value is -4.08. The minimum atomic E-state index is -0.559. The second-order valence-electron chi connectivity index (χ2n) is 11.5. The Morgan fingerprint density at radius 3 is 2.17 bits per heavy atom. The van der Waals surface area contributed by atoms with E-state index in [-0.39, 0.29) is 23.7 Å². The number of ether oxygens (including phenoxy) is 2. The fourth-order valence-electron chi connectivity index (χ4n) is 5.54. The van der Waals surface area contributed by atoms with Crippen LogP contribution >= 0.6 is 0 Å². The van der Waals surface area contributed by atoms with Crippen molar-refractivity contribution >= 4 is 17.7 Å². The normalized spacial score (nSPS) is 16.6. The van der Waals surface area contributed by atoms with Crippen molar-refractivity contribution in [1.29, 1.82) is 0 Å². The first-order valence-electron chi connectivity index (χ1n) is 14.1. The van der Waals surface area contributed by atoms with Crippen LogP contribution in [0.15, 0.2) is 54.7 Å². The number of para-hydroxylation sites is 1. The number of piperazine rings is 1. The van der Waals surface area contributed by atoms with Crippen molar-refractivity contribution in [1.82, 2.24) is 19.6 Å². The second-order valence-corrected chi connectivity index (χ2v) is 11.5. The predicted molar refractivity (Wildman–Crippen MR) is 154 cm³/mol. The van der Waals surface area contributed by atoms with Crippen molar-refractivity contribution < 1.29 is 23.5 Å². The van der Waals surface area contributed by atoms with Gasteiger partial charge in [-0.2, -0.15) is 5.10 Å². The van der Waals surface area contributed by atoms with E-state index in [4.69, 9.17) is 9.47 Å². The SMILES string of the molecule is COc1ccc(-n2ncc(C(=O)N3CCN(c4ccccc4F)CC3)c2C2CCN(C(=O)OC(C)(C)C)CC2)cc1. The van der Waals surface area contributed by atoms with Crippen molar-refractivity contribution in [2.75, 3.05) is 51.3 Å². The van der Waals surface area contributed by atoms with Crippen LogP contribution in [0.2, 0.25) is 0 Å². The lowest BCUT2D eigenvalue weighted by Crippen LogP contribution is -2.49. The van der Waals surface area contributed by atoms with Gasteiger partial charge >= 0.3 is 6.09 Å². The van der Waals surface area contributed by atoms with Gasteiger partial charge in [-0.3, -0.25) is 4.79 Å². The van der Waals surface area contributed by atoms with Crippen molar-refractivity contribution in [3.05, 3.63) is 71.8 Å². The fourth-order valence-corrected chi connectivity index (χ4v) is 5.54. The van der Waals surface area contributed by atoms with Crippen LogP contribution in [0.25, 0.3) is 5.69 Å². The molecule has 0 radical (unpaired) electrons. The Balaban J connectivity index is 1.37. The Labute approximate surface area is 240 Å². The molecule has 0 aliphatic carbocycles. The lowest BCUT2D eigenvalue weighted by atomic mass is 9.90. The molecule has 0 N–H and O–H groups in total. The number of amides is 2. The van der Waals surface area contributed by atoms with Gasteiger partial charge in [-0.1, -0.05) is 12.1 Å². The third kappa shape index (κ3) is 6.31. The highest BCUT2D eigenvalue weighted by atomic mass is 19.1. The van der Waals surface area contributed by atoms with Gasteiger partial charge in [-0.05, 0) is 70.0 Å². The number of halogens is 1. The summed E-state index contributed by atoms with van der Waals surface area (Å²) in [4.78, 5) is 32.1. The third-order valence-electron chi connectivity index (χ3n) is 7.65. The van der Waals surface area contributed by atoms with E-state index in [1.807, 2.05) is 65.6 Å². The number of aromatic nitrogens is 2. The van der Waals surface area contributed by atoms with E-state index >= 15 is 0 Å². The summed E-state index contributed by atoms with van der Waals surface area (Å²) in [6.45, 7) is 8.70. The Morgan fingerprint density at radius 1 is 0.902 bits per heavy atom. The maximum atomic E-state index is 14.4. The number of piperidine rings is 1. The molecule has 0 saturated carbocycles. The molecule has 0 unspecified atom stereocenters. The number of hydrogen-bond acceptors (Lipinski definition) is 6. The number of nitrogens with zero attached hydrogens (tertiary/aromatic N) is 5. The molecule has 0 atom stereocenters. The second kappa shape index (κ2) is 11.8. The standard InChI is InChI=1S/C31H38FN5O4/c1-31(2,3)41-30(39)36-15-13-22(14-16-36)28-25(21-33-37(28)23-9-11-24(40-4)12-10-23)29(38)35-19-17-34(18-20-35)27-8-6-5-7-26(27)32/h5-12,21-22H,13-20H2,1-4H3. The first-order valence-corrected chi connectivity index (χ1v) is 14.1. The quantitative estimate of drug-likeness (QED) is 0.430. The zero-order valence-electron chi connectivity index (χ0n) is 24.2. The smallest absolute Gasteiger partial charge is 0.410 e. The van der Waals surface area contributed by atoms with Gasteiger partial charge < -0.3 is 24.2 Å². The maximum Gasteiger partial charge on any atom is 0.410 e. The van der Waals surface area contributed by atoms with E-state index in [1.165, 1.54) is 6.07 Å². The molecule has 0 spiro atoms. The lowest BCUT2D eigenvalue weighted by Gasteiger charge is -2.37. The van der Waals surface area contributed by atoms with Crippen LogP contribution in [0.1, 0.15) is 55.6 Å². The molecule has 3 aromatic rings. The Bertz CT molecular complexity index is 1370. The van der Waals surface area contributed by atoms with Gasteiger partial charge in [0.1, 0.15) is 17.2 Å². The average Bonchev–Trinajstić information content (AvgIpc) is 3.41. The zero-order valence-corrected chi connectivity index (χ0v) is 24.2. The summed E-state index contributed by atoms with van der Waals surface area (Å²) in [5.74, 6) is 0.421. The van der Waals surface area contributed by atoms with Gasteiger partial charge in [0.2, 0.25) is 0 Å². The molecule has 2 aliphatic rings. The van der Waals surface area contributed by atoms with E-state index < -0.39 is 5.60 Å². The summed E-state index contributed by atoms with van der Waals surface area (Å²) in [5.41, 5.74) is 2.25. The number of hydrogen-bond donors (Lipinski definition) is 0. The molecule has 5 rings (SSSR count). The van der Waals surface area contributed by atoms with Gasteiger partial charge in [0.05, 0.1) is 35.9 Å². The molecule has 10 heteroatoms. The van der Waals surface area contributed by atoms with Crippen molar-refractivity contribution in [2.45, 2.75) is 45.1 Å². The number of carbonyl (C=O) groups is 2. The number of rotatable bonds is 5. The lowest BCUT2D eigenvalue weighted by molar-refractivity contribution is 0.0203. The Morgan fingerprint density at radius 2 is 1.56 bits per heavy atom. The van der Waals surface area contributed by atoms with Crippen LogP contribution in [0.4, 0.5) is 14.9 Å². The summed E-state index contributed by atoms with van der Waals surface area (Å²) >= 11 is 0. The molecule has 9 nitrogen and oxygen atoms in total. The van der Waals surface area contributed by atoms with Gasteiger partial charge in [-0.15, -0.1) is 0 Å². The van der Waals surface area contributed by atoms with Gasteiger partial charge in [0.25, 0.3) is 5.91 Å². The fraction of sp³-hybridized carbons (Fsp3) is 0.452. The van der Waals surface area contributed by atoms with Crippen LogP contribution in [-0.2, 0) is 4.74 Å². The molecule has 41 heavy (non-hydrogen) atoms. The minimum Gasteiger partial charge on any atom is -0.497 e. The largest absolute Gasteiger partial charge is 0.497 e. The van der Waals surface area contributed by atoms with Gasteiger partial charge in [0.15, 0.2) is 0 Å². The van der Waals surface area contributed by atoms with E-state index in [9.17, 15) is 14.0 Å². The molecule has 0 bridgehead atoms. The molecule has 1 aromatic heterocycles. The number of likely N-dealkylation sites (tertiary alicyclic amines) is 1. The average molecular weight is 564 g/mol. The highest BCUT2D eigenvalue weighted by Crippen LogP contribution is 2.34. The Kier molecular flexibility index (Phi) is 8.19. The zero-order chi connectivity index (χ0) is 29.1. The first kappa shape index (κ1) is 28.4. The van der Waals surface area contributed by atoms with E-state index in [1.54, 1.807) is 30.3 Å². The van der Waals surface area contributed by atoms with Crippen LogP contribution in [0.5, 0.6) is 5.75 Å². The number of benzene rings is 2. The molecule has 218 valence electrons. The minimum absolute atomic E-state index is 0.0249. The summed E-state index contributed by atoms with van der Waals surface area (Å²) in [5, 5.41) is 4.67. The highest BCUT2D eigenvalue weighted by Gasteiger charge is 2.34. The molecule has 2 aliphatic heterocycles. The molecule has 2 amide bonds. The van der Waals surface area contributed by atoms with Crippen molar-refractivity contribution in [3.8, 4) is 11.4 Å². The van der Waals surface area contributed by atoms with Crippen LogP contribution in [0, 0.1) is 5.82 Å². The topological polar surface area (TPSA) is 80.1 Å². The number of carbonyl (C=O) groups excluding carboxylic acids is 2. The first-order chi connectivity index (χ1) is 19.6. The highest BCUT2D eigenvalue weighted by molar-refractivity contribution is 5.95. The summed E-state index contributed by atoms with van der Waals surface area (Å²) in [6, 6.07) is 14.3. The molecule has 2 aromatic carbocycles. The van der Waals surface area contributed by atoms with Crippen LogP contribution in [-0.4, -0.2) is 83.6 Å². The summed E-state index contributed by atoms with van der Waals surface area (Å²) in [7, 11) is 1.62. The summed E-state index contributed by atoms with van der Waals surface area (Å²) < 4.78 is 27.1. The predicted octanol–water partition coefficient (Wildman–Crippen LogP) is 5.10. The van der Waals surface area contributed by atoms with Crippen LogP contribution < -0.4 is 9.64 Å². The third-order valence-corrected chi connectivity index (χ3v) is 7.65. The molecular weight excluding hydrogens is 525 g/mol. The van der Waals surface area contributed by atoms with Crippen molar-refractivity contribution in [2.24, 2.45) is 0 Å². The number of methoxy groups -OCH3 is 1. The monoisotopic (exact) mass is 563 g/mol. The van der Waals surface area contributed by atoms with E-state index in [0.717, 1.165) is 17.1 Å².